The number of nitrogens with zero attached hydrogens (tertiary/aromatic N) is 1. The van der Waals surface area contributed by atoms with E-state index in [4.69, 9.17) is 0 Å². The lowest BCUT2D eigenvalue weighted by molar-refractivity contribution is -0.132. The Balaban J connectivity index is 1.93. The Bertz CT molecular complexity index is 404. The van der Waals surface area contributed by atoms with Gasteiger partial charge in [-0.05, 0) is 31.4 Å². The van der Waals surface area contributed by atoms with E-state index in [1.54, 1.807) is 0 Å². The molecular formula is C16H24N2O. The van der Waals surface area contributed by atoms with Crippen LogP contribution in [0.5, 0.6) is 0 Å². The summed E-state index contributed by atoms with van der Waals surface area (Å²) in [5.74, 6) is 0.596. The van der Waals surface area contributed by atoms with E-state index in [9.17, 15) is 4.79 Å². The summed E-state index contributed by atoms with van der Waals surface area (Å²) in [5.41, 5.74) is 1.25. The van der Waals surface area contributed by atoms with Crippen molar-refractivity contribution < 1.29 is 4.79 Å². The molecule has 3 heteroatoms. The second-order valence-corrected chi connectivity index (χ2v) is 5.46. The molecule has 1 fully saturated rings. The first-order valence-electron chi connectivity index (χ1n) is 7.21. The van der Waals surface area contributed by atoms with Crippen LogP contribution in [0, 0.1) is 0 Å². The van der Waals surface area contributed by atoms with E-state index in [0.717, 1.165) is 25.9 Å². The molecule has 1 saturated heterocycles. The first-order chi connectivity index (χ1) is 9.22. The highest BCUT2D eigenvalue weighted by molar-refractivity contribution is 5.77. The molecule has 1 heterocycles. The van der Waals surface area contributed by atoms with Crippen molar-refractivity contribution >= 4 is 5.91 Å². The van der Waals surface area contributed by atoms with Gasteiger partial charge in [0, 0.05) is 25.6 Å². The van der Waals surface area contributed by atoms with E-state index in [1.165, 1.54) is 5.56 Å². The van der Waals surface area contributed by atoms with E-state index in [2.05, 4.69) is 29.3 Å². The van der Waals surface area contributed by atoms with E-state index >= 15 is 0 Å². The van der Waals surface area contributed by atoms with Crippen molar-refractivity contribution in [1.82, 2.24) is 10.2 Å². The summed E-state index contributed by atoms with van der Waals surface area (Å²) in [6, 6.07) is 10.7. The zero-order valence-electron chi connectivity index (χ0n) is 11.9. The highest BCUT2D eigenvalue weighted by Gasteiger charge is 2.28. The Labute approximate surface area is 116 Å². The van der Waals surface area contributed by atoms with Gasteiger partial charge in [0.25, 0.3) is 0 Å². The molecule has 1 N–H and O–H groups in total. The minimum Gasteiger partial charge on any atom is -0.338 e. The Hall–Kier alpha value is -1.35. The average Bonchev–Trinajstić information content (AvgIpc) is 2.88. The molecule has 104 valence electrons. The SMILES string of the molecule is CNCC1CCCN1C(=O)CC(C)c1ccccc1. The maximum absolute atomic E-state index is 12.4. The molecule has 1 amide bonds. The van der Waals surface area contributed by atoms with Crippen LogP contribution in [0.1, 0.15) is 37.7 Å². The fourth-order valence-electron chi connectivity index (χ4n) is 2.89. The fourth-order valence-corrected chi connectivity index (χ4v) is 2.89. The summed E-state index contributed by atoms with van der Waals surface area (Å²) in [6.07, 6.45) is 2.88. The zero-order valence-corrected chi connectivity index (χ0v) is 11.9. The smallest absolute Gasteiger partial charge is 0.223 e. The Morgan fingerprint density at radius 3 is 2.84 bits per heavy atom. The molecule has 0 radical (unpaired) electrons. The van der Waals surface area contributed by atoms with Gasteiger partial charge in [0.2, 0.25) is 5.91 Å². The molecule has 0 saturated carbocycles. The predicted molar refractivity (Wildman–Crippen MR) is 78.1 cm³/mol. The van der Waals surface area contributed by atoms with Crippen LogP contribution < -0.4 is 5.32 Å². The topological polar surface area (TPSA) is 32.3 Å². The summed E-state index contributed by atoms with van der Waals surface area (Å²) in [7, 11) is 1.95. The van der Waals surface area contributed by atoms with Crippen LogP contribution in [-0.2, 0) is 4.79 Å². The number of likely N-dealkylation sites (N-methyl/N-ethyl adjacent to an activating group) is 1. The summed E-state index contributed by atoms with van der Waals surface area (Å²) in [6.45, 7) is 3.97. The first kappa shape index (κ1) is 14.1. The highest BCUT2D eigenvalue weighted by atomic mass is 16.2. The Morgan fingerprint density at radius 2 is 2.16 bits per heavy atom. The van der Waals surface area contributed by atoms with Crippen molar-refractivity contribution in [2.45, 2.75) is 38.1 Å². The summed E-state index contributed by atoms with van der Waals surface area (Å²) in [4.78, 5) is 14.5. The van der Waals surface area contributed by atoms with Gasteiger partial charge in [0.1, 0.15) is 0 Å². The molecule has 1 aliphatic rings. The molecule has 0 bridgehead atoms. The molecule has 2 rings (SSSR count). The van der Waals surface area contributed by atoms with E-state index in [-0.39, 0.29) is 0 Å². The van der Waals surface area contributed by atoms with Gasteiger partial charge in [-0.2, -0.15) is 0 Å². The van der Waals surface area contributed by atoms with Gasteiger partial charge in [-0.15, -0.1) is 0 Å². The van der Waals surface area contributed by atoms with E-state index < -0.39 is 0 Å². The summed E-state index contributed by atoms with van der Waals surface area (Å²) < 4.78 is 0. The lowest BCUT2D eigenvalue weighted by Gasteiger charge is -2.26. The quantitative estimate of drug-likeness (QED) is 0.881. The van der Waals surface area contributed by atoms with Gasteiger partial charge in [-0.25, -0.2) is 0 Å². The van der Waals surface area contributed by atoms with E-state index in [0.29, 0.717) is 24.3 Å². The molecule has 2 unspecified atom stereocenters. The number of nitrogens with one attached hydrogen (secondary N) is 1. The molecule has 0 aliphatic carbocycles. The van der Waals surface area contributed by atoms with Crippen LogP contribution in [0.3, 0.4) is 0 Å². The monoisotopic (exact) mass is 260 g/mol. The maximum atomic E-state index is 12.4. The second kappa shape index (κ2) is 6.71. The van der Waals surface area contributed by atoms with E-state index in [1.807, 2.05) is 25.2 Å². The van der Waals surface area contributed by atoms with Crippen molar-refractivity contribution in [3.63, 3.8) is 0 Å². The van der Waals surface area contributed by atoms with Gasteiger partial charge in [-0.3, -0.25) is 4.79 Å². The maximum Gasteiger partial charge on any atom is 0.223 e. The van der Waals surface area contributed by atoms with Gasteiger partial charge >= 0.3 is 0 Å². The Morgan fingerprint density at radius 1 is 1.42 bits per heavy atom. The Kier molecular flexibility index (Phi) is 4.97. The van der Waals surface area contributed by atoms with Crippen LogP contribution in [0.4, 0.5) is 0 Å². The number of hydrogen-bond acceptors (Lipinski definition) is 2. The fraction of sp³-hybridized carbons (Fsp3) is 0.562. The van der Waals surface area contributed by atoms with Gasteiger partial charge in [0.15, 0.2) is 0 Å². The third-order valence-electron chi connectivity index (χ3n) is 3.99. The zero-order chi connectivity index (χ0) is 13.7. The number of benzene rings is 1. The van der Waals surface area contributed by atoms with Gasteiger partial charge < -0.3 is 10.2 Å². The average molecular weight is 260 g/mol. The number of carbonyl (C=O) groups excluding carboxylic acids is 1. The lowest BCUT2D eigenvalue weighted by atomic mass is 9.97. The molecule has 1 aliphatic heterocycles. The van der Waals surface area contributed by atoms with Crippen LogP contribution >= 0.6 is 0 Å². The van der Waals surface area contributed by atoms with Crippen LogP contribution in [0.15, 0.2) is 30.3 Å². The molecule has 3 nitrogen and oxygen atoms in total. The number of carbonyl (C=O) groups is 1. The highest BCUT2D eigenvalue weighted by Crippen LogP contribution is 2.23. The second-order valence-electron chi connectivity index (χ2n) is 5.46. The predicted octanol–water partition coefficient (Wildman–Crippen LogP) is 2.39. The van der Waals surface area contributed by atoms with Gasteiger partial charge in [-0.1, -0.05) is 37.3 Å². The van der Waals surface area contributed by atoms with Crippen LogP contribution in [0.25, 0.3) is 0 Å². The van der Waals surface area contributed by atoms with Crippen LogP contribution in [-0.4, -0.2) is 37.0 Å². The largest absolute Gasteiger partial charge is 0.338 e. The number of likely N-dealkylation sites (tertiary alicyclic amines) is 1. The summed E-state index contributed by atoms with van der Waals surface area (Å²) in [5, 5.41) is 3.19. The number of hydrogen-bond donors (Lipinski definition) is 1. The van der Waals surface area contributed by atoms with Crippen LogP contribution in [0.2, 0.25) is 0 Å². The van der Waals surface area contributed by atoms with Gasteiger partial charge in [0.05, 0.1) is 0 Å². The first-order valence-corrected chi connectivity index (χ1v) is 7.21. The van der Waals surface area contributed by atoms with Crippen molar-refractivity contribution in [2.75, 3.05) is 20.1 Å². The molecule has 1 aromatic rings. The van der Waals surface area contributed by atoms with Crippen molar-refractivity contribution in [3.8, 4) is 0 Å². The minimum atomic E-state index is 0.296. The van der Waals surface area contributed by atoms with Crippen molar-refractivity contribution in [3.05, 3.63) is 35.9 Å². The minimum absolute atomic E-state index is 0.296. The lowest BCUT2D eigenvalue weighted by Crippen LogP contribution is -2.41. The molecule has 0 aromatic heterocycles. The molecule has 19 heavy (non-hydrogen) atoms. The third-order valence-corrected chi connectivity index (χ3v) is 3.99. The standard InChI is InChI=1S/C16H24N2O/c1-13(14-7-4-3-5-8-14)11-16(19)18-10-6-9-15(18)12-17-2/h3-5,7-8,13,15,17H,6,9-12H2,1-2H3. The molecule has 1 aromatic carbocycles. The molecule has 2 atom stereocenters. The van der Waals surface area contributed by atoms with Crippen molar-refractivity contribution in [1.29, 1.82) is 0 Å². The number of amides is 1. The van der Waals surface area contributed by atoms with Crippen molar-refractivity contribution in [2.24, 2.45) is 0 Å². The number of rotatable bonds is 5. The summed E-state index contributed by atoms with van der Waals surface area (Å²) >= 11 is 0. The molecular weight excluding hydrogens is 236 g/mol. The normalized spacial score (nSPS) is 20.5. The third kappa shape index (κ3) is 3.57. The molecule has 0 spiro atoms.